The van der Waals surface area contributed by atoms with Crippen LogP contribution >= 0.6 is 0 Å². The minimum atomic E-state index is -3.62. The zero-order chi connectivity index (χ0) is 10.9. The molecule has 0 spiro atoms. The number of nitrogens with two attached hydrogens (primary N) is 1. The third-order valence-electron chi connectivity index (χ3n) is 1.87. The molecule has 0 aliphatic rings. The summed E-state index contributed by atoms with van der Waals surface area (Å²) in [5.41, 5.74) is 1.41. The lowest BCUT2D eigenvalue weighted by Crippen LogP contribution is -2.13. The summed E-state index contributed by atoms with van der Waals surface area (Å²) in [5, 5.41) is 5.04. The van der Waals surface area contributed by atoms with Crippen LogP contribution in [0.15, 0.2) is 17.0 Å². The minimum Gasteiger partial charge on any atom is -0.258 e. The van der Waals surface area contributed by atoms with Gasteiger partial charge in [-0.05, 0) is 25.0 Å². The lowest BCUT2D eigenvalue weighted by molar-refractivity contribution is 0.597. The molecule has 78 valence electrons. The van der Waals surface area contributed by atoms with Crippen molar-refractivity contribution in [3.8, 4) is 0 Å². The van der Waals surface area contributed by atoms with E-state index in [0.29, 0.717) is 5.69 Å². The van der Waals surface area contributed by atoms with E-state index in [0.717, 1.165) is 5.69 Å². The topological polar surface area (TPSA) is 73.1 Å². The van der Waals surface area contributed by atoms with Gasteiger partial charge in [0.2, 0.25) is 10.0 Å². The highest BCUT2D eigenvalue weighted by atomic mass is 32.2. The maximum Gasteiger partial charge on any atom is 0.238 e. The van der Waals surface area contributed by atoms with Crippen LogP contribution in [-0.2, 0) is 10.0 Å². The average molecular weight is 214 g/mol. The van der Waals surface area contributed by atoms with Crippen LogP contribution in [0, 0.1) is 6.92 Å². The van der Waals surface area contributed by atoms with Crippen LogP contribution in [0.25, 0.3) is 0 Å². The zero-order valence-corrected chi connectivity index (χ0v) is 9.30. The second kappa shape index (κ2) is 3.67. The Morgan fingerprint density at radius 1 is 1.36 bits per heavy atom. The van der Waals surface area contributed by atoms with E-state index in [1.165, 1.54) is 12.1 Å². The van der Waals surface area contributed by atoms with Crippen molar-refractivity contribution in [3.05, 3.63) is 23.5 Å². The average Bonchev–Trinajstić information content (AvgIpc) is 2.01. The van der Waals surface area contributed by atoms with Crippen molar-refractivity contribution in [3.63, 3.8) is 0 Å². The first-order valence-electron chi connectivity index (χ1n) is 4.32. The normalized spacial score (nSPS) is 12.1. The van der Waals surface area contributed by atoms with Crippen LogP contribution < -0.4 is 5.14 Å². The molecule has 5 heteroatoms. The van der Waals surface area contributed by atoms with Gasteiger partial charge in [0, 0.05) is 11.4 Å². The molecule has 14 heavy (non-hydrogen) atoms. The highest BCUT2D eigenvalue weighted by Crippen LogP contribution is 2.16. The molecule has 0 aliphatic carbocycles. The quantitative estimate of drug-likeness (QED) is 0.802. The predicted molar refractivity (Wildman–Crippen MR) is 54.4 cm³/mol. The smallest absolute Gasteiger partial charge is 0.238 e. The van der Waals surface area contributed by atoms with Crippen molar-refractivity contribution in [2.45, 2.75) is 31.6 Å². The van der Waals surface area contributed by atoms with E-state index < -0.39 is 10.0 Å². The molecule has 1 rings (SSSR count). The third kappa shape index (κ3) is 2.52. The molecule has 1 aromatic rings. The van der Waals surface area contributed by atoms with Crippen molar-refractivity contribution in [2.75, 3.05) is 0 Å². The summed E-state index contributed by atoms with van der Waals surface area (Å²) in [7, 11) is -3.62. The Kier molecular flexibility index (Phi) is 2.92. The van der Waals surface area contributed by atoms with Crippen LogP contribution in [-0.4, -0.2) is 13.4 Å². The molecule has 0 unspecified atom stereocenters. The fourth-order valence-electron chi connectivity index (χ4n) is 1.12. The molecular formula is C9H14N2O2S. The van der Waals surface area contributed by atoms with Gasteiger partial charge in [0.15, 0.2) is 0 Å². The van der Waals surface area contributed by atoms with Crippen molar-refractivity contribution >= 4 is 10.0 Å². The number of hydrogen-bond acceptors (Lipinski definition) is 3. The van der Waals surface area contributed by atoms with Crippen LogP contribution in [0.4, 0.5) is 0 Å². The van der Waals surface area contributed by atoms with Crippen molar-refractivity contribution in [1.29, 1.82) is 0 Å². The van der Waals surface area contributed by atoms with E-state index in [1.54, 1.807) is 6.92 Å². The SMILES string of the molecule is Cc1cc(S(N)(=O)=O)cc(C(C)C)n1. The van der Waals surface area contributed by atoms with Gasteiger partial charge in [-0.2, -0.15) is 0 Å². The Morgan fingerprint density at radius 3 is 2.36 bits per heavy atom. The predicted octanol–water partition coefficient (Wildman–Crippen LogP) is 1.16. The molecule has 0 aliphatic heterocycles. The molecule has 1 heterocycles. The number of hydrogen-bond donors (Lipinski definition) is 1. The van der Waals surface area contributed by atoms with Crippen LogP contribution in [0.5, 0.6) is 0 Å². The van der Waals surface area contributed by atoms with Crippen LogP contribution in [0.1, 0.15) is 31.2 Å². The molecule has 0 saturated carbocycles. The number of rotatable bonds is 2. The molecule has 0 fully saturated rings. The van der Waals surface area contributed by atoms with Gasteiger partial charge >= 0.3 is 0 Å². The molecule has 1 aromatic heterocycles. The number of aromatic nitrogens is 1. The lowest BCUT2D eigenvalue weighted by Gasteiger charge is -2.07. The first-order valence-corrected chi connectivity index (χ1v) is 5.86. The zero-order valence-electron chi connectivity index (χ0n) is 8.48. The van der Waals surface area contributed by atoms with Gasteiger partial charge in [0.1, 0.15) is 0 Å². The largest absolute Gasteiger partial charge is 0.258 e. The molecule has 2 N–H and O–H groups in total. The monoisotopic (exact) mass is 214 g/mol. The summed E-state index contributed by atoms with van der Waals surface area (Å²) in [6.45, 7) is 5.66. The summed E-state index contributed by atoms with van der Waals surface area (Å²) in [6, 6.07) is 2.99. The summed E-state index contributed by atoms with van der Waals surface area (Å²) in [4.78, 5) is 4.36. The van der Waals surface area contributed by atoms with Gasteiger partial charge in [-0.15, -0.1) is 0 Å². The Morgan fingerprint density at radius 2 is 1.93 bits per heavy atom. The third-order valence-corrected chi connectivity index (χ3v) is 2.76. The molecule has 0 atom stereocenters. The van der Waals surface area contributed by atoms with E-state index in [2.05, 4.69) is 4.98 Å². The molecule has 0 saturated heterocycles. The number of nitrogens with zero attached hydrogens (tertiary/aromatic N) is 1. The first-order chi connectivity index (χ1) is 6.30. The Labute approximate surface area is 84.2 Å². The Bertz CT molecular complexity index is 438. The fraction of sp³-hybridized carbons (Fsp3) is 0.444. The number of primary sulfonamides is 1. The van der Waals surface area contributed by atoms with Crippen LogP contribution in [0.3, 0.4) is 0 Å². The number of sulfonamides is 1. The lowest BCUT2D eigenvalue weighted by atomic mass is 10.1. The maximum atomic E-state index is 11.1. The summed E-state index contributed by atoms with van der Waals surface area (Å²) in [5.74, 6) is 0.190. The highest BCUT2D eigenvalue weighted by molar-refractivity contribution is 7.89. The molecule has 0 radical (unpaired) electrons. The van der Waals surface area contributed by atoms with Gasteiger partial charge in [0.05, 0.1) is 4.90 Å². The standard InChI is InChI=1S/C9H14N2O2S/c1-6(2)9-5-8(14(10,12)13)4-7(3)11-9/h4-6H,1-3H3,(H2,10,12,13). The summed E-state index contributed by atoms with van der Waals surface area (Å²) >= 11 is 0. The van der Waals surface area contributed by atoms with Gasteiger partial charge in [-0.25, -0.2) is 13.6 Å². The van der Waals surface area contributed by atoms with Gasteiger partial charge in [-0.3, -0.25) is 4.98 Å². The second-order valence-corrected chi connectivity index (χ2v) is 5.13. The van der Waals surface area contributed by atoms with Gasteiger partial charge in [0.25, 0.3) is 0 Å². The Balaban J connectivity index is 3.35. The van der Waals surface area contributed by atoms with Crippen molar-refractivity contribution in [2.24, 2.45) is 5.14 Å². The van der Waals surface area contributed by atoms with Gasteiger partial charge in [-0.1, -0.05) is 13.8 Å². The van der Waals surface area contributed by atoms with E-state index >= 15 is 0 Å². The molecule has 0 bridgehead atoms. The first kappa shape index (κ1) is 11.1. The Hall–Kier alpha value is -0.940. The van der Waals surface area contributed by atoms with E-state index in [4.69, 9.17) is 5.14 Å². The second-order valence-electron chi connectivity index (χ2n) is 3.57. The highest BCUT2D eigenvalue weighted by Gasteiger charge is 2.11. The van der Waals surface area contributed by atoms with Gasteiger partial charge < -0.3 is 0 Å². The number of pyridine rings is 1. The van der Waals surface area contributed by atoms with Crippen molar-refractivity contribution in [1.82, 2.24) is 4.98 Å². The van der Waals surface area contributed by atoms with Crippen molar-refractivity contribution < 1.29 is 8.42 Å². The van der Waals surface area contributed by atoms with E-state index in [1.807, 2.05) is 13.8 Å². The maximum absolute atomic E-state index is 11.1. The summed E-state index contributed by atoms with van der Waals surface area (Å²) in [6.07, 6.45) is 0. The molecule has 4 nitrogen and oxygen atoms in total. The summed E-state index contributed by atoms with van der Waals surface area (Å²) < 4.78 is 22.2. The fourth-order valence-corrected chi connectivity index (χ4v) is 1.74. The van der Waals surface area contributed by atoms with E-state index in [-0.39, 0.29) is 10.8 Å². The minimum absolute atomic E-state index is 0.133. The number of aryl methyl sites for hydroxylation is 1. The van der Waals surface area contributed by atoms with E-state index in [9.17, 15) is 8.42 Å². The van der Waals surface area contributed by atoms with Crippen LogP contribution in [0.2, 0.25) is 0 Å². The molecule has 0 aromatic carbocycles. The molecular weight excluding hydrogens is 200 g/mol. The molecule has 0 amide bonds.